The molecule has 126 valence electrons. The Labute approximate surface area is 131 Å². The normalized spacial score (nSPS) is 14.9. The van der Waals surface area contributed by atoms with Gasteiger partial charge in [0.05, 0.1) is 5.54 Å². The molecule has 0 aromatic carbocycles. The first kappa shape index (κ1) is 20.4. The molecule has 21 heavy (non-hydrogen) atoms. The van der Waals surface area contributed by atoms with Crippen LogP contribution in [0.5, 0.6) is 0 Å². The third kappa shape index (κ3) is 9.10. The number of amides is 1. The van der Waals surface area contributed by atoms with Crippen molar-refractivity contribution >= 4 is 5.91 Å². The van der Waals surface area contributed by atoms with E-state index in [0.29, 0.717) is 0 Å². The van der Waals surface area contributed by atoms with E-state index in [0.717, 1.165) is 44.3 Å². The van der Waals surface area contributed by atoms with Gasteiger partial charge in [-0.1, -0.05) is 27.7 Å². The quantitative estimate of drug-likeness (QED) is 0.582. The highest BCUT2D eigenvalue weighted by molar-refractivity contribution is 5.84. The maximum Gasteiger partial charge on any atom is 0.237 e. The van der Waals surface area contributed by atoms with Crippen LogP contribution >= 0.6 is 0 Å². The molecule has 0 aliphatic heterocycles. The maximum atomic E-state index is 11.5. The molecule has 0 aromatic heterocycles. The number of nitrogens with two attached hydrogens (primary N) is 1. The maximum absolute atomic E-state index is 11.5. The summed E-state index contributed by atoms with van der Waals surface area (Å²) in [6.45, 7) is 14.3. The predicted molar refractivity (Wildman–Crippen MR) is 91.2 cm³/mol. The highest BCUT2D eigenvalue weighted by Gasteiger charge is 2.28. The van der Waals surface area contributed by atoms with Crippen LogP contribution in [0, 0.1) is 11.8 Å². The van der Waals surface area contributed by atoms with Gasteiger partial charge in [0.15, 0.2) is 0 Å². The molecule has 0 radical (unpaired) electrons. The number of nitrogens with zero attached hydrogens (tertiary/aromatic N) is 1. The Kier molecular flexibility index (Phi) is 9.88. The van der Waals surface area contributed by atoms with E-state index in [1.54, 1.807) is 7.05 Å². The second-order valence-electron chi connectivity index (χ2n) is 7.26. The number of hydrogen-bond donors (Lipinski definition) is 2. The van der Waals surface area contributed by atoms with Crippen LogP contribution < -0.4 is 11.1 Å². The monoisotopic (exact) mass is 299 g/mol. The Hall–Kier alpha value is -0.610. The summed E-state index contributed by atoms with van der Waals surface area (Å²) in [6, 6.07) is 0. The molecule has 0 saturated carbocycles. The molecule has 0 saturated heterocycles. The minimum atomic E-state index is -0.582. The summed E-state index contributed by atoms with van der Waals surface area (Å²) in [5.74, 6) is 1.21. The second kappa shape index (κ2) is 10.2. The molecule has 0 fully saturated rings. The first-order valence-electron chi connectivity index (χ1n) is 8.42. The van der Waals surface area contributed by atoms with Crippen molar-refractivity contribution in [2.24, 2.45) is 17.6 Å². The number of likely N-dealkylation sites (N-methyl/N-ethyl adjacent to an activating group) is 1. The van der Waals surface area contributed by atoms with Crippen molar-refractivity contribution in [3.8, 4) is 0 Å². The van der Waals surface area contributed by atoms with E-state index in [-0.39, 0.29) is 5.91 Å². The third-order valence-corrected chi connectivity index (χ3v) is 4.29. The number of primary amides is 1. The van der Waals surface area contributed by atoms with Gasteiger partial charge in [-0.3, -0.25) is 4.79 Å². The summed E-state index contributed by atoms with van der Waals surface area (Å²) in [5.41, 5.74) is 4.90. The third-order valence-electron chi connectivity index (χ3n) is 4.29. The van der Waals surface area contributed by atoms with Crippen molar-refractivity contribution in [1.82, 2.24) is 10.2 Å². The molecule has 0 aliphatic carbocycles. The minimum Gasteiger partial charge on any atom is -0.368 e. The van der Waals surface area contributed by atoms with Crippen LogP contribution in [0.4, 0.5) is 0 Å². The van der Waals surface area contributed by atoms with E-state index in [4.69, 9.17) is 5.73 Å². The van der Waals surface area contributed by atoms with E-state index in [1.807, 2.05) is 6.92 Å². The Balaban J connectivity index is 4.29. The number of carbonyl (C=O) groups excluding carboxylic acids is 1. The molecule has 1 atom stereocenters. The highest BCUT2D eigenvalue weighted by atomic mass is 16.1. The molecule has 0 rings (SSSR count). The van der Waals surface area contributed by atoms with Gasteiger partial charge in [-0.05, 0) is 71.1 Å². The molecular weight excluding hydrogens is 262 g/mol. The largest absolute Gasteiger partial charge is 0.368 e. The fourth-order valence-electron chi connectivity index (χ4n) is 2.24. The lowest BCUT2D eigenvalue weighted by atomic mass is 9.95. The van der Waals surface area contributed by atoms with Crippen molar-refractivity contribution in [2.75, 3.05) is 26.7 Å². The van der Waals surface area contributed by atoms with Crippen LogP contribution in [0.25, 0.3) is 0 Å². The molecule has 3 N–H and O–H groups in total. The minimum absolute atomic E-state index is 0.263. The van der Waals surface area contributed by atoms with Crippen LogP contribution in [-0.2, 0) is 4.79 Å². The van der Waals surface area contributed by atoms with Crippen LogP contribution in [-0.4, -0.2) is 43.0 Å². The Bertz CT molecular complexity index is 280. The summed E-state index contributed by atoms with van der Waals surface area (Å²) in [5, 5.41) is 3.06. The predicted octanol–water partition coefficient (Wildman–Crippen LogP) is 2.62. The first-order chi connectivity index (χ1) is 9.71. The number of rotatable bonds is 12. The highest BCUT2D eigenvalue weighted by Crippen LogP contribution is 2.13. The van der Waals surface area contributed by atoms with Gasteiger partial charge in [-0.15, -0.1) is 0 Å². The Morgan fingerprint density at radius 2 is 1.57 bits per heavy atom. The average molecular weight is 300 g/mol. The molecule has 1 amide bonds. The zero-order chi connectivity index (χ0) is 16.5. The summed E-state index contributed by atoms with van der Waals surface area (Å²) in [7, 11) is 1.81. The molecule has 0 aliphatic rings. The topological polar surface area (TPSA) is 58.4 Å². The van der Waals surface area contributed by atoms with E-state index in [2.05, 4.69) is 37.9 Å². The molecule has 1 unspecified atom stereocenters. The van der Waals surface area contributed by atoms with Crippen LogP contribution in [0.3, 0.4) is 0 Å². The van der Waals surface area contributed by atoms with Crippen LogP contribution in [0.2, 0.25) is 0 Å². The zero-order valence-corrected chi connectivity index (χ0v) is 15.0. The summed E-state index contributed by atoms with van der Waals surface area (Å²) < 4.78 is 0. The Morgan fingerprint density at radius 3 is 1.90 bits per heavy atom. The summed E-state index contributed by atoms with van der Waals surface area (Å²) in [6.07, 6.45) is 4.25. The lowest BCUT2D eigenvalue weighted by Crippen LogP contribution is -2.51. The SMILES string of the molecule is CNC(C)(CCCN(CCC(C)C)CCC(C)C)C(N)=O. The van der Waals surface area contributed by atoms with E-state index >= 15 is 0 Å². The van der Waals surface area contributed by atoms with Gasteiger partial charge >= 0.3 is 0 Å². The summed E-state index contributed by atoms with van der Waals surface area (Å²) in [4.78, 5) is 14.0. The van der Waals surface area contributed by atoms with Gasteiger partial charge < -0.3 is 16.0 Å². The van der Waals surface area contributed by atoms with Crippen LogP contribution in [0.1, 0.15) is 60.3 Å². The molecule has 0 aromatic rings. The van der Waals surface area contributed by atoms with Crippen molar-refractivity contribution in [2.45, 2.75) is 65.8 Å². The Morgan fingerprint density at radius 1 is 1.10 bits per heavy atom. The number of nitrogens with one attached hydrogen (secondary N) is 1. The molecular formula is C17H37N3O. The molecule has 4 heteroatoms. The lowest BCUT2D eigenvalue weighted by molar-refractivity contribution is -0.123. The standard InChI is InChI=1S/C17H37N3O/c1-14(2)8-12-20(13-9-15(3)4)11-7-10-17(5,19-6)16(18)21/h14-15,19H,7-13H2,1-6H3,(H2,18,21). The number of carbonyl (C=O) groups is 1. The van der Waals surface area contributed by atoms with Crippen molar-refractivity contribution in [1.29, 1.82) is 0 Å². The van der Waals surface area contributed by atoms with Crippen molar-refractivity contribution < 1.29 is 4.79 Å². The van der Waals surface area contributed by atoms with Gasteiger partial charge in [0.2, 0.25) is 5.91 Å². The van der Waals surface area contributed by atoms with Crippen LogP contribution in [0.15, 0.2) is 0 Å². The van der Waals surface area contributed by atoms with Crippen molar-refractivity contribution in [3.63, 3.8) is 0 Å². The molecule has 0 spiro atoms. The fraction of sp³-hybridized carbons (Fsp3) is 0.941. The molecule has 0 bridgehead atoms. The average Bonchev–Trinajstić information content (AvgIpc) is 2.40. The molecule has 0 heterocycles. The number of hydrogen-bond acceptors (Lipinski definition) is 3. The smallest absolute Gasteiger partial charge is 0.237 e. The van der Waals surface area contributed by atoms with Gasteiger partial charge in [0.1, 0.15) is 0 Å². The van der Waals surface area contributed by atoms with Gasteiger partial charge in [-0.2, -0.15) is 0 Å². The second-order valence-corrected chi connectivity index (χ2v) is 7.26. The first-order valence-corrected chi connectivity index (χ1v) is 8.42. The summed E-state index contributed by atoms with van der Waals surface area (Å²) >= 11 is 0. The fourth-order valence-corrected chi connectivity index (χ4v) is 2.24. The zero-order valence-electron chi connectivity index (χ0n) is 15.0. The van der Waals surface area contributed by atoms with E-state index in [1.165, 1.54) is 12.8 Å². The van der Waals surface area contributed by atoms with Crippen molar-refractivity contribution in [3.05, 3.63) is 0 Å². The molecule has 4 nitrogen and oxygen atoms in total. The van der Waals surface area contributed by atoms with E-state index < -0.39 is 5.54 Å². The van der Waals surface area contributed by atoms with Gasteiger partial charge in [-0.25, -0.2) is 0 Å². The lowest BCUT2D eigenvalue weighted by Gasteiger charge is -2.28. The van der Waals surface area contributed by atoms with E-state index in [9.17, 15) is 4.79 Å². The van der Waals surface area contributed by atoms with Gasteiger partial charge in [0, 0.05) is 0 Å². The van der Waals surface area contributed by atoms with Gasteiger partial charge in [0.25, 0.3) is 0 Å².